The highest BCUT2D eigenvalue weighted by Gasteiger charge is 2.18. The molecular weight excluding hydrogens is 272 g/mol. The first-order chi connectivity index (χ1) is 6.61. The maximum Gasteiger partial charge on any atom is 0.171 e. The van der Waals surface area contributed by atoms with Crippen molar-refractivity contribution in [2.45, 2.75) is 5.38 Å². The van der Waals surface area contributed by atoms with Gasteiger partial charge in [0.25, 0.3) is 0 Å². The van der Waals surface area contributed by atoms with E-state index < -0.39 is 11.2 Å². The Morgan fingerprint density at radius 3 is 2.79 bits per heavy atom. The first-order valence-electron chi connectivity index (χ1n) is 3.67. The van der Waals surface area contributed by atoms with Crippen molar-refractivity contribution in [3.63, 3.8) is 0 Å². The first kappa shape index (κ1) is 11.3. The second-order valence-corrected chi connectivity index (χ2v) is 3.77. The summed E-state index contributed by atoms with van der Waals surface area (Å²) in [5.74, 6) is -0.549. The summed E-state index contributed by atoms with van der Waals surface area (Å²) in [7, 11) is 1.35. The normalized spacial score (nSPS) is 11.9. The molecule has 0 radical (unpaired) electrons. The zero-order chi connectivity index (χ0) is 10.7. The third-order valence-electron chi connectivity index (χ3n) is 1.67. The molecule has 0 spiro atoms. The average Bonchev–Trinajstić information content (AvgIpc) is 2.18. The third-order valence-corrected chi connectivity index (χ3v) is 2.63. The quantitative estimate of drug-likeness (QED) is 0.777. The van der Waals surface area contributed by atoms with Crippen LogP contribution < -0.4 is 4.74 Å². The van der Waals surface area contributed by atoms with E-state index >= 15 is 0 Å². The van der Waals surface area contributed by atoms with Gasteiger partial charge in [0, 0.05) is 5.56 Å². The first-order valence-corrected chi connectivity index (χ1v) is 4.90. The van der Waals surface area contributed by atoms with Gasteiger partial charge >= 0.3 is 0 Å². The molecule has 0 amide bonds. The van der Waals surface area contributed by atoms with E-state index in [1.54, 1.807) is 12.1 Å². The molecule has 74 valence electrons. The van der Waals surface area contributed by atoms with Crippen LogP contribution in [0.15, 0.2) is 16.6 Å². The molecule has 14 heavy (non-hydrogen) atoms. The summed E-state index contributed by atoms with van der Waals surface area (Å²) in [6.07, 6.45) is 0. The highest BCUT2D eigenvalue weighted by molar-refractivity contribution is 9.10. The SMILES string of the molecule is COc1c(Br)ccc(C(Cl)C#N)c1F. The van der Waals surface area contributed by atoms with Crippen LogP contribution in [0.4, 0.5) is 4.39 Å². The summed E-state index contributed by atoms with van der Waals surface area (Å²) in [6, 6.07) is 4.78. The molecule has 0 saturated heterocycles. The zero-order valence-corrected chi connectivity index (χ0v) is 9.56. The standard InChI is InChI=1S/C9H6BrClFNO/c1-14-9-6(10)3-2-5(8(9)12)7(11)4-13/h2-3,7H,1H3. The summed E-state index contributed by atoms with van der Waals surface area (Å²) in [5.41, 5.74) is 0.120. The van der Waals surface area contributed by atoms with Gasteiger partial charge in [-0.25, -0.2) is 4.39 Å². The summed E-state index contributed by atoms with van der Waals surface area (Å²) in [4.78, 5) is 0. The fourth-order valence-corrected chi connectivity index (χ4v) is 1.64. The van der Waals surface area contributed by atoms with Gasteiger partial charge in [0.1, 0.15) is 5.38 Å². The van der Waals surface area contributed by atoms with Crippen LogP contribution in [-0.2, 0) is 0 Å². The molecule has 0 aliphatic heterocycles. The number of rotatable bonds is 2. The van der Waals surface area contributed by atoms with Gasteiger partial charge < -0.3 is 4.74 Å². The number of alkyl halides is 1. The van der Waals surface area contributed by atoms with Gasteiger partial charge in [-0.3, -0.25) is 0 Å². The maximum absolute atomic E-state index is 13.6. The number of nitriles is 1. The Kier molecular flexibility index (Phi) is 3.73. The van der Waals surface area contributed by atoms with E-state index in [1.807, 2.05) is 0 Å². The molecule has 2 nitrogen and oxygen atoms in total. The number of hydrogen-bond acceptors (Lipinski definition) is 2. The molecule has 0 heterocycles. The van der Waals surface area contributed by atoms with E-state index in [-0.39, 0.29) is 11.3 Å². The number of halogens is 3. The molecule has 0 N–H and O–H groups in total. The minimum absolute atomic E-state index is 0.0587. The van der Waals surface area contributed by atoms with Gasteiger partial charge in [-0.2, -0.15) is 5.26 Å². The van der Waals surface area contributed by atoms with Crippen molar-refractivity contribution in [1.29, 1.82) is 5.26 Å². The molecule has 1 unspecified atom stereocenters. The van der Waals surface area contributed by atoms with E-state index in [1.165, 1.54) is 13.2 Å². The van der Waals surface area contributed by atoms with Crippen molar-refractivity contribution in [3.05, 3.63) is 28.0 Å². The van der Waals surface area contributed by atoms with E-state index in [0.29, 0.717) is 4.47 Å². The molecule has 0 aromatic heterocycles. The zero-order valence-electron chi connectivity index (χ0n) is 7.22. The number of benzene rings is 1. The lowest BCUT2D eigenvalue weighted by molar-refractivity contribution is 0.382. The molecule has 0 aliphatic carbocycles. The number of ether oxygens (including phenoxy) is 1. The van der Waals surface area contributed by atoms with Crippen LogP contribution in [0.2, 0.25) is 0 Å². The van der Waals surface area contributed by atoms with E-state index in [9.17, 15) is 4.39 Å². The summed E-state index contributed by atoms with van der Waals surface area (Å²) in [6.45, 7) is 0. The van der Waals surface area contributed by atoms with E-state index in [4.69, 9.17) is 21.6 Å². The second-order valence-electron chi connectivity index (χ2n) is 2.48. The molecule has 1 aromatic rings. The monoisotopic (exact) mass is 277 g/mol. The molecule has 5 heteroatoms. The van der Waals surface area contributed by atoms with Crippen LogP contribution in [0.5, 0.6) is 5.75 Å². The lowest BCUT2D eigenvalue weighted by Gasteiger charge is -2.09. The largest absolute Gasteiger partial charge is 0.492 e. The minimum Gasteiger partial charge on any atom is -0.492 e. The van der Waals surface area contributed by atoms with E-state index in [0.717, 1.165) is 0 Å². The fourth-order valence-electron chi connectivity index (χ4n) is 1.00. The second kappa shape index (κ2) is 4.63. The van der Waals surface area contributed by atoms with Crippen molar-refractivity contribution in [2.75, 3.05) is 7.11 Å². The summed E-state index contributed by atoms with van der Waals surface area (Å²) >= 11 is 8.73. The highest BCUT2D eigenvalue weighted by Crippen LogP contribution is 2.34. The molecule has 1 atom stereocenters. The van der Waals surface area contributed by atoms with Gasteiger partial charge in [0.05, 0.1) is 17.7 Å². The lowest BCUT2D eigenvalue weighted by atomic mass is 10.1. The van der Waals surface area contributed by atoms with Gasteiger partial charge in [-0.1, -0.05) is 6.07 Å². The van der Waals surface area contributed by atoms with Crippen molar-refractivity contribution in [3.8, 4) is 11.8 Å². The Morgan fingerprint density at radius 2 is 2.29 bits per heavy atom. The van der Waals surface area contributed by atoms with Crippen LogP contribution in [0.3, 0.4) is 0 Å². The van der Waals surface area contributed by atoms with Crippen LogP contribution in [0, 0.1) is 17.1 Å². The fraction of sp³-hybridized carbons (Fsp3) is 0.222. The molecule has 0 bridgehead atoms. The molecule has 1 aromatic carbocycles. The highest BCUT2D eigenvalue weighted by atomic mass is 79.9. The third kappa shape index (κ3) is 1.99. The smallest absolute Gasteiger partial charge is 0.171 e. The molecule has 1 rings (SSSR count). The summed E-state index contributed by atoms with van der Waals surface area (Å²) in [5, 5.41) is 7.54. The van der Waals surface area contributed by atoms with Crippen molar-refractivity contribution < 1.29 is 9.13 Å². The maximum atomic E-state index is 13.6. The Balaban J connectivity index is 3.29. The van der Waals surface area contributed by atoms with Crippen LogP contribution >= 0.6 is 27.5 Å². The number of nitrogens with zero attached hydrogens (tertiary/aromatic N) is 1. The Hall–Kier alpha value is -0.790. The molecular formula is C9H6BrClFNO. The number of hydrogen-bond donors (Lipinski definition) is 0. The van der Waals surface area contributed by atoms with Gasteiger partial charge in [0.15, 0.2) is 11.6 Å². The van der Waals surface area contributed by atoms with Crippen molar-refractivity contribution >= 4 is 27.5 Å². The number of methoxy groups -OCH3 is 1. The van der Waals surface area contributed by atoms with Crippen molar-refractivity contribution in [2.24, 2.45) is 0 Å². The van der Waals surface area contributed by atoms with Gasteiger partial charge in [0.2, 0.25) is 0 Å². The van der Waals surface area contributed by atoms with Crippen molar-refractivity contribution in [1.82, 2.24) is 0 Å². The minimum atomic E-state index is -1.00. The Morgan fingerprint density at radius 1 is 1.64 bits per heavy atom. The predicted octanol–water partition coefficient (Wildman–Crippen LogP) is 3.40. The van der Waals surface area contributed by atoms with Crippen LogP contribution in [0.1, 0.15) is 10.9 Å². The van der Waals surface area contributed by atoms with Crippen LogP contribution in [0.25, 0.3) is 0 Å². The molecule has 0 aliphatic rings. The average molecular weight is 279 g/mol. The van der Waals surface area contributed by atoms with E-state index in [2.05, 4.69) is 15.9 Å². The molecule has 0 fully saturated rings. The predicted molar refractivity (Wildman–Crippen MR) is 54.9 cm³/mol. The Labute approximate surface area is 94.4 Å². The van der Waals surface area contributed by atoms with Crippen LogP contribution in [-0.4, -0.2) is 7.11 Å². The molecule has 0 saturated carbocycles. The van der Waals surface area contributed by atoms with Gasteiger partial charge in [-0.15, -0.1) is 11.6 Å². The lowest BCUT2D eigenvalue weighted by Crippen LogP contribution is -1.97. The Bertz CT molecular complexity index is 391. The summed E-state index contributed by atoms with van der Waals surface area (Å²) < 4.78 is 18.9. The topological polar surface area (TPSA) is 33.0 Å². The van der Waals surface area contributed by atoms with Gasteiger partial charge in [-0.05, 0) is 22.0 Å².